The van der Waals surface area contributed by atoms with Gasteiger partial charge >= 0.3 is 0 Å². The Labute approximate surface area is 132 Å². The molecule has 4 heteroatoms. The Kier molecular flexibility index (Phi) is 5.95. The van der Waals surface area contributed by atoms with Crippen LogP contribution in [0.5, 0.6) is 0 Å². The van der Waals surface area contributed by atoms with Gasteiger partial charge in [0.2, 0.25) is 5.91 Å². The van der Waals surface area contributed by atoms with E-state index in [1.807, 2.05) is 12.1 Å². The number of amides is 1. The number of primary amides is 1. The number of piperidine rings is 1. The number of nitrogens with two attached hydrogens (primary N) is 1. The third kappa shape index (κ3) is 4.29. The number of nitrogens with zero attached hydrogens (tertiary/aromatic N) is 1. The van der Waals surface area contributed by atoms with Gasteiger partial charge in [-0.2, -0.15) is 0 Å². The molecule has 0 spiro atoms. The second-order valence-corrected chi connectivity index (χ2v) is 6.65. The van der Waals surface area contributed by atoms with Crippen molar-refractivity contribution in [3.8, 4) is 0 Å². The Morgan fingerprint density at radius 1 is 1.32 bits per heavy atom. The van der Waals surface area contributed by atoms with E-state index in [4.69, 9.17) is 5.73 Å². The minimum absolute atomic E-state index is 0.0893. The van der Waals surface area contributed by atoms with Crippen molar-refractivity contribution in [2.45, 2.75) is 45.6 Å². The van der Waals surface area contributed by atoms with Crippen LogP contribution in [-0.4, -0.2) is 29.9 Å². The van der Waals surface area contributed by atoms with E-state index in [-0.39, 0.29) is 29.6 Å². The Morgan fingerprint density at radius 3 is 2.59 bits per heavy atom. The van der Waals surface area contributed by atoms with Crippen LogP contribution in [0.1, 0.15) is 38.7 Å². The average molecular weight is 306 g/mol. The number of carbonyl (C=O) groups excluding carboxylic acids is 1. The molecule has 1 heterocycles. The SMILES string of the molecule is CC(C)C(C(N)=O)C1CCCCN1CCc1ccc(F)cc1. The van der Waals surface area contributed by atoms with Crippen molar-refractivity contribution in [3.63, 3.8) is 0 Å². The Balaban J connectivity index is 2.02. The third-order valence-corrected chi connectivity index (χ3v) is 4.73. The van der Waals surface area contributed by atoms with Gasteiger partial charge in [0.1, 0.15) is 5.82 Å². The highest BCUT2D eigenvalue weighted by molar-refractivity contribution is 5.77. The van der Waals surface area contributed by atoms with Gasteiger partial charge in [-0.05, 0) is 49.4 Å². The smallest absolute Gasteiger partial charge is 0.222 e. The van der Waals surface area contributed by atoms with Gasteiger partial charge < -0.3 is 5.73 Å². The molecule has 1 fully saturated rings. The maximum absolute atomic E-state index is 13.0. The lowest BCUT2D eigenvalue weighted by Gasteiger charge is -2.40. The van der Waals surface area contributed by atoms with Crippen molar-refractivity contribution >= 4 is 5.91 Å². The van der Waals surface area contributed by atoms with Gasteiger partial charge in [-0.3, -0.25) is 9.69 Å². The molecule has 0 radical (unpaired) electrons. The van der Waals surface area contributed by atoms with Crippen molar-refractivity contribution in [1.29, 1.82) is 0 Å². The van der Waals surface area contributed by atoms with Crippen LogP contribution in [-0.2, 0) is 11.2 Å². The topological polar surface area (TPSA) is 46.3 Å². The Hall–Kier alpha value is -1.42. The molecule has 122 valence electrons. The van der Waals surface area contributed by atoms with Crippen molar-refractivity contribution in [2.24, 2.45) is 17.6 Å². The van der Waals surface area contributed by atoms with Gasteiger partial charge in [0, 0.05) is 12.6 Å². The van der Waals surface area contributed by atoms with Crippen LogP contribution in [0.25, 0.3) is 0 Å². The fourth-order valence-electron chi connectivity index (χ4n) is 3.59. The Bertz CT molecular complexity index is 486. The lowest BCUT2D eigenvalue weighted by molar-refractivity contribution is -0.126. The summed E-state index contributed by atoms with van der Waals surface area (Å²) in [6.45, 7) is 6.06. The zero-order valence-electron chi connectivity index (χ0n) is 13.6. The minimum atomic E-state index is -0.201. The maximum atomic E-state index is 13.0. The van der Waals surface area contributed by atoms with Crippen LogP contribution in [0.3, 0.4) is 0 Å². The zero-order valence-corrected chi connectivity index (χ0v) is 13.6. The molecular formula is C18H27FN2O. The van der Waals surface area contributed by atoms with Gasteiger partial charge in [-0.15, -0.1) is 0 Å². The molecule has 0 aliphatic carbocycles. The largest absolute Gasteiger partial charge is 0.369 e. The summed E-state index contributed by atoms with van der Waals surface area (Å²) in [6.07, 6.45) is 4.24. The second-order valence-electron chi connectivity index (χ2n) is 6.65. The van der Waals surface area contributed by atoms with Crippen molar-refractivity contribution in [3.05, 3.63) is 35.6 Å². The highest BCUT2D eigenvalue weighted by atomic mass is 19.1. The summed E-state index contributed by atoms with van der Waals surface area (Å²) in [5.74, 6) is -0.218. The summed E-state index contributed by atoms with van der Waals surface area (Å²) in [5, 5.41) is 0. The lowest BCUT2D eigenvalue weighted by Crippen LogP contribution is -2.50. The number of halogens is 1. The molecule has 1 saturated heterocycles. The summed E-state index contributed by atoms with van der Waals surface area (Å²) in [7, 11) is 0. The first-order valence-corrected chi connectivity index (χ1v) is 8.27. The number of benzene rings is 1. The second kappa shape index (κ2) is 7.73. The highest BCUT2D eigenvalue weighted by Gasteiger charge is 2.34. The van der Waals surface area contributed by atoms with E-state index in [1.54, 1.807) is 0 Å². The summed E-state index contributed by atoms with van der Waals surface area (Å²) in [5.41, 5.74) is 6.78. The monoisotopic (exact) mass is 306 g/mol. The molecule has 1 aromatic rings. The van der Waals surface area contributed by atoms with Crippen molar-refractivity contribution in [2.75, 3.05) is 13.1 Å². The standard InChI is InChI=1S/C18H27FN2O/c1-13(2)17(18(20)22)16-5-3-4-11-21(16)12-10-14-6-8-15(19)9-7-14/h6-9,13,16-17H,3-5,10-12H2,1-2H3,(H2,20,22). The van der Waals surface area contributed by atoms with E-state index in [9.17, 15) is 9.18 Å². The molecule has 2 N–H and O–H groups in total. The lowest BCUT2D eigenvalue weighted by atomic mass is 9.82. The highest BCUT2D eigenvalue weighted by Crippen LogP contribution is 2.28. The number of rotatable bonds is 6. The van der Waals surface area contributed by atoms with Crippen LogP contribution >= 0.6 is 0 Å². The van der Waals surface area contributed by atoms with E-state index in [0.29, 0.717) is 0 Å². The average Bonchev–Trinajstić information content (AvgIpc) is 2.47. The van der Waals surface area contributed by atoms with Gasteiger partial charge in [-0.25, -0.2) is 4.39 Å². The van der Waals surface area contributed by atoms with Crippen LogP contribution in [0, 0.1) is 17.7 Å². The number of carbonyl (C=O) groups is 1. The van der Waals surface area contributed by atoms with Gasteiger partial charge in [0.15, 0.2) is 0 Å². The molecule has 2 atom stereocenters. The quantitative estimate of drug-likeness (QED) is 0.878. The molecular weight excluding hydrogens is 279 g/mol. The molecule has 0 aromatic heterocycles. The number of likely N-dealkylation sites (tertiary alicyclic amines) is 1. The molecule has 22 heavy (non-hydrogen) atoms. The molecule has 0 saturated carbocycles. The van der Waals surface area contributed by atoms with Gasteiger partial charge in [0.25, 0.3) is 0 Å². The van der Waals surface area contributed by atoms with Crippen LogP contribution in [0.15, 0.2) is 24.3 Å². The van der Waals surface area contributed by atoms with E-state index in [1.165, 1.54) is 18.6 Å². The third-order valence-electron chi connectivity index (χ3n) is 4.73. The zero-order chi connectivity index (χ0) is 16.1. The molecule has 1 amide bonds. The molecule has 2 unspecified atom stereocenters. The molecule has 1 aliphatic rings. The molecule has 1 aliphatic heterocycles. The Morgan fingerprint density at radius 2 is 2.00 bits per heavy atom. The van der Waals surface area contributed by atoms with Gasteiger partial charge in [0.05, 0.1) is 5.92 Å². The number of hydrogen-bond donors (Lipinski definition) is 1. The summed E-state index contributed by atoms with van der Waals surface area (Å²) in [6, 6.07) is 6.92. The normalized spacial score (nSPS) is 21.0. The van der Waals surface area contributed by atoms with Crippen molar-refractivity contribution in [1.82, 2.24) is 4.90 Å². The maximum Gasteiger partial charge on any atom is 0.222 e. The predicted octanol–water partition coefficient (Wildman–Crippen LogP) is 2.98. The van der Waals surface area contributed by atoms with Gasteiger partial charge in [-0.1, -0.05) is 32.4 Å². The fraction of sp³-hybridized carbons (Fsp3) is 0.611. The number of hydrogen-bond acceptors (Lipinski definition) is 2. The predicted molar refractivity (Wildman–Crippen MR) is 86.8 cm³/mol. The van der Waals surface area contributed by atoms with E-state index in [0.717, 1.165) is 37.9 Å². The minimum Gasteiger partial charge on any atom is -0.369 e. The molecule has 3 nitrogen and oxygen atoms in total. The van der Waals surface area contributed by atoms with Crippen LogP contribution < -0.4 is 5.73 Å². The van der Waals surface area contributed by atoms with E-state index in [2.05, 4.69) is 18.7 Å². The summed E-state index contributed by atoms with van der Waals surface area (Å²) in [4.78, 5) is 14.3. The molecule has 1 aromatic carbocycles. The van der Waals surface area contributed by atoms with Crippen LogP contribution in [0.2, 0.25) is 0 Å². The summed E-state index contributed by atoms with van der Waals surface area (Å²) >= 11 is 0. The van der Waals surface area contributed by atoms with Crippen LogP contribution in [0.4, 0.5) is 4.39 Å². The van der Waals surface area contributed by atoms with E-state index < -0.39 is 0 Å². The first-order chi connectivity index (χ1) is 10.5. The summed E-state index contributed by atoms with van der Waals surface area (Å²) < 4.78 is 13.0. The first-order valence-electron chi connectivity index (χ1n) is 8.27. The van der Waals surface area contributed by atoms with Crippen molar-refractivity contribution < 1.29 is 9.18 Å². The first kappa shape index (κ1) is 16.9. The fourth-order valence-corrected chi connectivity index (χ4v) is 3.59. The molecule has 0 bridgehead atoms. The van der Waals surface area contributed by atoms with E-state index >= 15 is 0 Å². The molecule has 2 rings (SSSR count).